The van der Waals surface area contributed by atoms with Gasteiger partial charge in [0.1, 0.15) is 6.61 Å². The van der Waals surface area contributed by atoms with Gasteiger partial charge in [-0.1, -0.05) is 42.2 Å². The first kappa shape index (κ1) is 15.7. The molecule has 0 heterocycles. The molecule has 3 nitrogen and oxygen atoms in total. The van der Waals surface area contributed by atoms with Crippen molar-refractivity contribution in [3.63, 3.8) is 0 Å². The van der Waals surface area contributed by atoms with E-state index in [0.29, 0.717) is 19.8 Å². The van der Waals surface area contributed by atoms with Gasteiger partial charge in [-0.2, -0.15) is 0 Å². The SMILES string of the molecule is CCOC(C)(OCC)OCC#CCc1ccccc1. The number of benzene rings is 1. The van der Waals surface area contributed by atoms with Crippen molar-refractivity contribution >= 4 is 0 Å². The van der Waals surface area contributed by atoms with Crippen molar-refractivity contribution in [3.05, 3.63) is 35.9 Å². The molecule has 0 aromatic heterocycles. The van der Waals surface area contributed by atoms with Gasteiger partial charge in [0.25, 0.3) is 5.97 Å². The van der Waals surface area contributed by atoms with Crippen molar-refractivity contribution in [1.82, 2.24) is 0 Å². The normalized spacial score (nSPS) is 10.9. The summed E-state index contributed by atoms with van der Waals surface area (Å²) in [6.07, 6.45) is 0.726. The molecule has 0 aliphatic heterocycles. The number of hydrogen-bond acceptors (Lipinski definition) is 3. The van der Waals surface area contributed by atoms with Crippen molar-refractivity contribution in [3.8, 4) is 11.8 Å². The molecule has 0 saturated heterocycles. The van der Waals surface area contributed by atoms with Gasteiger partial charge >= 0.3 is 0 Å². The van der Waals surface area contributed by atoms with Crippen LogP contribution >= 0.6 is 0 Å². The van der Waals surface area contributed by atoms with Crippen molar-refractivity contribution in [2.45, 2.75) is 33.2 Å². The summed E-state index contributed by atoms with van der Waals surface area (Å²) in [5.74, 6) is 5.05. The predicted octanol–water partition coefficient (Wildman–Crippen LogP) is 3.00. The highest BCUT2D eigenvalue weighted by atomic mass is 16.9. The van der Waals surface area contributed by atoms with Crippen LogP contribution in [0, 0.1) is 11.8 Å². The second kappa shape index (κ2) is 8.71. The number of ether oxygens (including phenoxy) is 3. The first-order valence-electron chi connectivity index (χ1n) is 6.61. The van der Waals surface area contributed by atoms with Crippen LogP contribution in [0.4, 0.5) is 0 Å². The van der Waals surface area contributed by atoms with Crippen molar-refractivity contribution in [2.75, 3.05) is 19.8 Å². The van der Waals surface area contributed by atoms with Crippen molar-refractivity contribution in [2.24, 2.45) is 0 Å². The quantitative estimate of drug-likeness (QED) is 0.558. The summed E-state index contributed by atoms with van der Waals surface area (Å²) in [7, 11) is 0. The summed E-state index contributed by atoms with van der Waals surface area (Å²) >= 11 is 0. The zero-order valence-corrected chi connectivity index (χ0v) is 11.9. The second-order valence-corrected chi connectivity index (χ2v) is 4.03. The van der Waals surface area contributed by atoms with E-state index in [9.17, 15) is 0 Å². The molecule has 0 atom stereocenters. The van der Waals surface area contributed by atoms with E-state index in [4.69, 9.17) is 14.2 Å². The number of rotatable bonds is 7. The minimum absolute atomic E-state index is 0.295. The predicted molar refractivity (Wildman–Crippen MR) is 75.5 cm³/mol. The molecule has 1 rings (SSSR count). The fourth-order valence-electron chi connectivity index (χ4n) is 1.63. The molecule has 0 unspecified atom stereocenters. The van der Waals surface area contributed by atoms with Crippen LogP contribution in [0.15, 0.2) is 30.3 Å². The topological polar surface area (TPSA) is 27.7 Å². The van der Waals surface area contributed by atoms with Crippen LogP contribution in [0.2, 0.25) is 0 Å². The zero-order chi connectivity index (χ0) is 14.0. The standard InChI is InChI=1S/C16H22O3/c1-4-17-16(3,18-5-2)19-14-10-9-13-15-11-7-6-8-12-15/h6-8,11-12H,4-5,13-14H2,1-3H3. The van der Waals surface area contributed by atoms with Crippen LogP contribution in [-0.2, 0) is 20.6 Å². The molecular weight excluding hydrogens is 240 g/mol. The van der Waals surface area contributed by atoms with E-state index >= 15 is 0 Å². The maximum atomic E-state index is 5.53. The van der Waals surface area contributed by atoms with Gasteiger partial charge < -0.3 is 14.2 Å². The fraction of sp³-hybridized carbons (Fsp3) is 0.500. The molecule has 1 aromatic carbocycles. The van der Waals surface area contributed by atoms with Crippen molar-refractivity contribution < 1.29 is 14.2 Å². The van der Waals surface area contributed by atoms with E-state index < -0.39 is 5.97 Å². The van der Waals surface area contributed by atoms with Gasteiger partial charge in [0, 0.05) is 26.6 Å². The molecule has 0 bridgehead atoms. The Morgan fingerprint density at radius 1 is 0.947 bits per heavy atom. The van der Waals surface area contributed by atoms with Crippen LogP contribution < -0.4 is 0 Å². The lowest BCUT2D eigenvalue weighted by Crippen LogP contribution is -2.36. The Morgan fingerprint density at radius 3 is 2.16 bits per heavy atom. The van der Waals surface area contributed by atoms with Crippen LogP contribution in [0.5, 0.6) is 0 Å². The summed E-state index contributed by atoms with van der Waals surface area (Å²) in [6, 6.07) is 10.1. The molecule has 1 aromatic rings. The highest BCUT2D eigenvalue weighted by molar-refractivity contribution is 5.20. The Labute approximate surface area is 115 Å². The van der Waals surface area contributed by atoms with Gasteiger partial charge in [0.05, 0.1) is 0 Å². The minimum Gasteiger partial charge on any atom is -0.328 e. The smallest absolute Gasteiger partial charge is 0.280 e. The molecule has 0 aliphatic carbocycles. The van der Waals surface area contributed by atoms with Crippen LogP contribution in [-0.4, -0.2) is 25.8 Å². The summed E-state index contributed by atoms with van der Waals surface area (Å²) in [4.78, 5) is 0. The van der Waals surface area contributed by atoms with E-state index in [2.05, 4.69) is 24.0 Å². The first-order chi connectivity index (χ1) is 9.20. The van der Waals surface area contributed by atoms with Gasteiger partial charge in [0.2, 0.25) is 0 Å². The zero-order valence-electron chi connectivity index (χ0n) is 11.9. The highest BCUT2D eigenvalue weighted by Crippen LogP contribution is 2.13. The summed E-state index contributed by atoms with van der Waals surface area (Å²) in [5, 5.41) is 0. The lowest BCUT2D eigenvalue weighted by Gasteiger charge is -2.27. The fourth-order valence-corrected chi connectivity index (χ4v) is 1.63. The second-order valence-electron chi connectivity index (χ2n) is 4.03. The third kappa shape index (κ3) is 6.40. The average Bonchev–Trinajstić information content (AvgIpc) is 2.40. The van der Waals surface area contributed by atoms with E-state index in [1.165, 1.54) is 5.56 Å². The van der Waals surface area contributed by atoms with E-state index in [0.717, 1.165) is 6.42 Å². The summed E-state index contributed by atoms with van der Waals surface area (Å²) < 4.78 is 16.4. The molecule has 19 heavy (non-hydrogen) atoms. The molecule has 104 valence electrons. The van der Waals surface area contributed by atoms with Gasteiger partial charge in [-0.3, -0.25) is 0 Å². The lowest BCUT2D eigenvalue weighted by atomic mass is 10.2. The maximum Gasteiger partial charge on any atom is 0.280 e. The monoisotopic (exact) mass is 262 g/mol. The summed E-state index contributed by atoms with van der Waals surface area (Å²) in [6.45, 7) is 6.94. The van der Waals surface area contributed by atoms with Gasteiger partial charge in [-0.25, -0.2) is 0 Å². The first-order valence-corrected chi connectivity index (χ1v) is 6.61. The van der Waals surface area contributed by atoms with Crippen LogP contribution in [0.25, 0.3) is 0 Å². The Bertz CT molecular complexity index is 397. The third-order valence-electron chi connectivity index (χ3n) is 2.48. The van der Waals surface area contributed by atoms with E-state index in [1.54, 1.807) is 6.92 Å². The molecule has 0 aliphatic rings. The van der Waals surface area contributed by atoms with E-state index in [1.807, 2.05) is 32.0 Å². The maximum absolute atomic E-state index is 5.53. The van der Waals surface area contributed by atoms with Crippen LogP contribution in [0.3, 0.4) is 0 Å². The molecule has 0 radical (unpaired) electrons. The largest absolute Gasteiger partial charge is 0.328 e. The Hall–Kier alpha value is -1.34. The molecule has 0 saturated carbocycles. The Kier molecular flexibility index (Phi) is 7.20. The molecular formula is C16H22O3. The van der Waals surface area contributed by atoms with Gasteiger partial charge in [0.15, 0.2) is 0 Å². The molecule has 3 heteroatoms. The molecule has 0 spiro atoms. The minimum atomic E-state index is -0.995. The summed E-state index contributed by atoms with van der Waals surface area (Å²) in [5.41, 5.74) is 1.20. The van der Waals surface area contributed by atoms with Crippen molar-refractivity contribution in [1.29, 1.82) is 0 Å². The lowest BCUT2D eigenvalue weighted by molar-refractivity contribution is -0.363. The molecule has 0 fully saturated rings. The average molecular weight is 262 g/mol. The Morgan fingerprint density at radius 2 is 1.58 bits per heavy atom. The Balaban J connectivity index is 2.36. The number of hydrogen-bond donors (Lipinski definition) is 0. The van der Waals surface area contributed by atoms with E-state index in [-0.39, 0.29) is 0 Å². The molecule has 0 amide bonds. The third-order valence-corrected chi connectivity index (χ3v) is 2.48. The highest BCUT2D eigenvalue weighted by Gasteiger charge is 2.25. The molecule has 0 N–H and O–H groups in total. The van der Waals surface area contributed by atoms with Gasteiger partial charge in [-0.05, 0) is 19.4 Å². The van der Waals surface area contributed by atoms with Crippen LogP contribution in [0.1, 0.15) is 26.3 Å². The van der Waals surface area contributed by atoms with Gasteiger partial charge in [-0.15, -0.1) is 0 Å².